The van der Waals surface area contributed by atoms with Crippen molar-refractivity contribution in [2.24, 2.45) is 0 Å². The van der Waals surface area contributed by atoms with E-state index in [1.165, 1.54) is 5.56 Å². The Bertz CT molecular complexity index is 1260. The smallest absolute Gasteiger partial charge is 0.253 e. The number of hydrogen-bond acceptors (Lipinski definition) is 5. The Labute approximate surface area is 219 Å². The number of halogens is 1. The average Bonchev–Trinajstić information content (AvgIpc) is 2.93. The number of methoxy groups -OCH3 is 1. The van der Waals surface area contributed by atoms with Gasteiger partial charge in [0.15, 0.2) is 0 Å². The molecule has 0 bridgehead atoms. The van der Waals surface area contributed by atoms with Gasteiger partial charge in [-0.3, -0.25) is 9.59 Å². The molecule has 0 atom stereocenters. The van der Waals surface area contributed by atoms with Crippen molar-refractivity contribution in [3.8, 4) is 5.75 Å². The summed E-state index contributed by atoms with van der Waals surface area (Å²) in [5.74, 6) is 1.75. The molecule has 7 nitrogen and oxygen atoms in total. The normalized spacial score (nSPS) is 15.4. The number of amides is 2. The van der Waals surface area contributed by atoms with Crippen LogP contribution in [0.15, 0.2) is 65.3 Å². The van der Waals surface area contributed by atoms with Crippen LogP contribution >= 0.6 is 15.9 Å². The van der Waals surface area contributed by atoms with Gasteiger partial charge in [0, 0.05) is 61.1 Å². The maximum atomic E-state index is 13.3. The molecule has 2 aliphatic heterocycles. The van der Waals surface area contributed by atoms with Gasteiger partial charge in [-0.25, -0.2) is 4.98 Å². The quantitative estimate of drug-likeness (QED) is 0.483. The van der Waals surface area contributed by atoms with E-state index in [1.807, 2.05) is 64.4 Å². The molecule has 2 aromatic carbocycles. The lowest BCUT2D eigenvalue weighted by Gasteiger charge is -2.35. The molecule has 1 fully saturated rings. The van der Waals surface area contributed by atoms with E-state index in [4.69, 9.17) is 4.74 Å². The van der Waals surface area contributed by atoms with Gasteiger partial charge in [0.2, 0.25) is 5.91 Å². The second kappa shape index (κ2) is 10.7. The van der Waals surface area contributed by atoms with E-state index in [2.05, 4.69) is 25.8 Å². The Morgan fingerprint density at radius 2 is 1.78 bits per heavy atom. The topological polar surface area (TPSA) is 66.0 Å². The van der Waals surface area contributed by atoms with Crippen molar-refractivity contribution >= 4 is 33.6 Å². The Morgan fingerprint density at radius 3 is 2.53 bits per heavy atom. The molecule has 0 unspecified atom stereocenters. The van der Waals surface area contributed by atoms with Crippen LogP contribution in [0.25, 0.3) is 0 Å². The number of hydrogen-bond donors (Lipinski definition) is 0. The SMILES string of the molecule is COc1cc(Br)ccc1CC(=O)N1CCc2ccc(C(=O)N3CCN(c4ccccn4)CC3)cc2C1. The molecule has 0 aliphatic carbocycles. The molecule has 3 aromatic rings. The van der Waals surface area contributed by atoms with Crippen LogP contribution < -0.4 is 9.64 Å². The van der Waals surface area contributed by atoms with Crippen LogP contribution in [0.3, 0.4) is 0 Å². The lowest BCUT2D eigenvalue weighted by Crippen LogP contribution is -2.49. The molecule has 2 aliphatic rings. The van der Waals surface area contributed by atoms with Crippen molar-refractivity contribution in [1.82, 2.24) is 14.8 Å². The Morgan fingerprint density at radius 1 is 0.944 bits per heavy atom. The van der Waals surface area contributed by atoms with Crippen LogP contribution in [-0.4, -0.2) is 66.4 Å². The van der Waals surface area contributed by atoms with E-state index in [1.54, 1.807) is 13.3 Å². The molecule has 0 saturated carbocycles. The highest BCUT2D eigenvalue weighted by Gasteiger charge is 2.26. The predicted molar refractivity (Wildman–Crippen MR) is 142 cm³/mol. The number of nitrogens with zero attached hydrogens (tertiary/aromatic N) is 4. The Hall–Kier alpha value is -3.39. The number of piperazine rings is 1. The summed E-state index contributed by atoms with van der Waals surface area (Å²) in [4.78, 5) is 36.8. The molecule has 0 spiro atoms. The van der Waals surface area contributed by atoms with Gasteiger partial charge in [0.1, 0.15) is 11.6 Å². The van der Waals surface area contributed by atoms with Gasteiger partial charge >= 0.3 is 0 Å². The summed E-state index contributed by atoms with van der Waals surface area (Å²) in [6.45, 7) is 4.03. The number of fused-ring (bicyclic) bond motifs is 1. The molecular formula is C28H29BrN4O3. The summed E-state index contributed by atoms with van der Waals surface area (Å²) < 4.78 is 6.37. The molecule has 0 N–H and O–H groups in total. The van der Waals surface area contributed by atoms with Crippen molar-refractivity contribution in [2.45, 2.75) is 19.4 Å². The first-order valence-electron chi connectivity index (χ1n) is 12.2. The number of carbonyl (C=O) groups is 2. The number of pyridine rings is 1. The monoisotopic (exact) mass is 548 g/mol. The van der Waals surface area contributed by atoms with E-state index in [-0.39, 0.29) is 18.2 Å². The van der Waals surface area contributed by atoms with Crippen LogP contribution in [0.2, 0.25) is 0 Å². The van der Waals surface area contributed by atoms with Gasteiger partial charge in [-0.2, -0.15) is 0 Å². The highest BCUT2D eigenvalue weighted by molar-refractivity contribution is 9.10. The van der Waals surface area contributed by atoms with Crippen molar-refractivity contribution < 1.29 is 14.3 Å². The van der Waals surface area contributed by atoms with Crippen molar-refractivity contribution in [3.63, 3.8) is 0 Å². The summed E-state index contributed by atoms with van der Waals surface area (Å²) in [6.07, 6.45) is 2.87. The average molecular weight is 549 g/mol. The second-order valence-electron chi connectivity index (χ2n) is 9.15. The summed E-state index contributed by atoms with van der Waals surface area (Å²) in [5, 5.41) is 0. The minimum atomic E-state index is 0.0431. The fraction of sp³-hybridized carbons (Fsp3) is 0.321. The largest absolute Gasteiger partial charge is 0.496 e. The van der Waals surface area contributed by atoms with Crippen LogP contribution in [0.4, 0.5) is 5.82 Å². The molecule has 0 radical (unpaired) electrons. The fourth-order valence-electron chi connectivity index (χ4n) is 4.90. The summed E-state index contributed by atoms with van der Waals surface area (Å²) >= 11 is 3.45. The number of benzene rings is 2. The van der Waals surface area contributed by atoms with Crippen molar-refractivity contribution in [2.75, 3.05) is 44.7 Å². The number of rotatable bonds is 5. The van der Waals surface area contributed by atoms with E-state index in [0.717, 1.165) is 40.9 Å². The minimum absolute atomic E-state index is 0.0431. The number of anilines is 1. The molecule has 8 heteroatoms. The van der Waals surface area contributed by atoms with E-state index >= 15 is 0 Å². The van der Waals surface area contributed by atoms with Crippen LogP contribution in [0.1, 0.15) is 27.0 Å². The van der Waals surface area contributed by atoms with Crippen molar-refractivity contribution in [1.29, 1.82) is 0 Å². The molecular weight excluding hydrogens is 520 g/mol. The zero-order chi connectivity index (χ0) is 25.1. The molecule has 5 rings (SSSR count). The van der Waals surface area contributed by atoms with Crippen molar-refractivity contribution in [3.05, 3.63) is 87.5 Å². The third kappa shape index (κ3) is 5.23. The minimum Gasteiger partial charge on any atom is -0.496 e. The molecule has 36 heavy (non-hydrogen) atoms. The van der Waals surface area contributed by atoms with Gasteiger partial charge in [-0.1, -0.05) is 34.1 Å². The lowest BCUT2D eigenvalue weighted by atomic mass is 9.96. The van der Waals surface area contributed by atoms with Crippen LogP contribution in [-0.2, 0) is 24.2 Å². The summed E-state index contributed by atoms with van der Waals surface area (Å²) in [7, 11) is 1.61. The third-order valence-corrected chi connectivity index (χ3v) is 7.44. The fourth-order valence-corrected chi connectivity index (χ4v) is 5.24. The van der Waals surface area contributed by atoms with Gasteiger partial charge in [0.05, 0.1) is 13.5 Å². The zero-order valence-electron chi connectivity index (χ0n) is 20.3. The molecule has 186 valence electrons. The first-order valence-corrected chi connectivity index (χ1v) is 13.0. The summed E-state index contributed by atoms with van der Waals surface area (Å²) in [6, 6.07) is 17.6. The standard InChI is InChI=1S/C28H29BrN4O3/c1-36-25-18-24(29)8-7-21(25)17-27(34)33-11-9-20-5-6-22(16-23(20)19-33)28(35)32-14-12-31(13-15-32)26-4-2-3-10-30-26/h2-8,10,16,18H,9,11-15,17,19H2,1H3. The second-order valence-corrected chi connectivity index (χ2v) is 10.1. The van der Waals surface area contributed by atoms with E-state index < -0.39 is 0 Å². The third-order valence-electron chi connectivity index (χ3n) is 6.95. The number of ether oxygens (including phenoxy) is 1. The number of aromatic nitrogens is 1. The first kappa shape index (κ1) is 24.3. The highest BCUT2D eigenvalue weighted by atomic mass is 79.9. The van der Waals surface area contributed by atoms with Gasteiger partial charge in [-0.15, -0.1) is 0 Å². The Kier molecular flexibility index (Phi) is 7.23. The highest BCUT2D eigenvalue weighted by Crippen LogP contribution is 2.26. The van der Waals surface area contributed by atoms with E-state index in [0.29, 0.717) is 37.5 Å². The zero-order valence-corrected chi connectivity index (χ0v) is 21.9. The lowest BCUT2D eigenvalue weighted by molar-refractivity contribution is -0.131. The van der Waals surface area contributed by atoms with Crippen LogP contribution in [0, 0.1) is 0 Å². The maximum absolute atomic E-state index is 13.3. The van der Waals surface area contributed by atoms with Crippen LogP contribution in [0.5, 0.6) is 5.75 Å². The summed E-state index contributed by atoms with van der Waals surface area (Å²) in [5.41, 5.74) is 3.81. The van der Waals surface area contributed by atoms with Gasteiger partial charge in [-0.05, 0) is 53.9 Å². The Balaban J connectivity index is 1.23. The predicted octanol–water partition coefficient (Wildman–Crippen LogP) is 3.94. The molecule has 1 aromatic heterocycles. The van der Waals surface area contributed by atoms with E-state index in [9.17, 15) is 9.59 Å². The molecule has 2 amide bonds. The molecule has 3 heterocycles. The van der Waals surface area contributed by atoms with Gasteiger partial charge in [0.25, 0.3) is 5.91 Å². The maximum Gasteiger partial charge on any atom is 0.253 e. The first-order chi connectivity index (χ1) is 17.5. The molecule has 1 saturated heterocycles. The number of carbonyl (C=O) groups excluding carboxylic acids is 2. The van der Waals surface area contributed by atoms with Gasteiger partial charge < -0.3 is 19.4 Å².